The van der Waals surface area contributed by atoms with E-state index in [1.165, 1.54) is 0 Å². The molecule has 1 aliphatic rings. The minimum Gasteiger partial charge on any atom is -0.477 e. The van der Waals surface area contributed by atoms with E-state index in [9.17, 15) is 9.59 Å². The lowest BCUT2D eigenvalue weighted by Crippen LogP contribution is -2.52. The lowest BCUT2D eigenvalue weighted by molar-refractivity contribution is -0.128. The van der Waals surface area contributed by atoms with E-state index in [-0.39, 0.29) is 24.4 Å². The van der Waals surface area contributed by atoms with Crippen molar-refractivity contribution in [3.63, 3.8) is 0 Å². The number of para-hydroxylation sites is 2. The molecule has 31 heavy (non-hydrogen) atoms. The highest BCUT2D eigenvalue weighted by Gasteiger charge is 2.34. The topological polar surface area (TPSA) is 74.4 Å². The first kappa shape index (κ1) is 21.0. The second kappa shape index (κ2) is 8.46. The molecule has 0 saturated heterocycles. The van der Waals surface area contributed by atoms with E-state index in [4.69, 9.17) is 4.74 Å². The number of aryl methyl sites for hydroxylation is 2. The van der Waals surface area contributed by atoms with Gasteiger partial charge in [-0.05, 0) is 62.6 Å². The molecule has 0 bridgehead atoms. The largest absolute Gasteiger partial charge is 0.477 e. The first-order chi connectivity index (χ1) is 14.9. The molecule has 0 saturated carbocycles. The molecule has 2 heterocycles. The normalized spacial score (nSPS) is 15.6. The van der Waals surface area contributed by atoms with E-state index in [2.05, 4.69) is 10.3 Å². The Kier molecular flexibility index (Phi) is 5.72. The van der Waals surface area contributed by atoms with Crippen LogP contribution in [0.5, 0.6) is 5.75 Å². The number of nitrogens with one attached hydrogen (secondary N) is 2. The zero-order chi connectivity index (χ0) is 22.1. The van der Waals surface area contributed by atoms with Crippen LogP contribution in [0.1, 0.15) is 48.3 Å². The van der Waals surface area contributed by atoms with E-state index in [0.717, 1.165) is 35.0 Å². The predicted molar refractivity (Wildman–Crippen MR) is 123 cm³/mol. The van der Waals surface area contributed by atoms with Crippen LogP contribution in [0.25, 0.3) is 10.9 Å². The van der Waals surface area contributed by atoms with E-state index in [0.29, 0.717) is 17.0 Å². The van der Waals surface area contributed by atoms with Gasteiger partial charge in [-0.15, -0.1) is 0 Å². The average molecular weight is 420 g/mol. The maximum atomic E-state index is 13.6. The van der Waals surface area contributed by atoms with Crippen molar-refractivity contribution in [2.75, 3.05) is 11.4 Å². The van der Waals surface area contributed by atoms with Crippen LogP contribution < -0.4 is 15.0 Å². The summed E-state index contributed by atoms with van der Waals surface area (Å²) in [7, 11) is 0. The standard InChI is InChI=1S/C25H29N3O3/c1-5-18(6-2)27-24(29)23-14-28(21-9-7-8-10-22(21)31-23)25(30)17-11-12-20-19(13-17)15(3)16(4)26-20/h7-13,18,23,26H,5-6,14H2,1-4H3,(H,27,29). The molecule has 0 spiro atoms. The molecule has 1 aromatic heterocycles. The average Bonchev–Trinajstić information content (AvgIpc) is 3.08. The predicted octanol–water partition coefficient (Wildman–Crippen LogP) is 4.50. The van der Waals surface area contributed by atoms with E-state index >= 15 is 0 Å². The summed E-state index contributed by atoms with van der Waals surface area (Å²) in [6.45, 7) is 8.33. The third-order valence-electron chi connectivity index (χ3n) is 6.20. The molecule has 2 aromatic carbocycles. The number of ether oxygens (including phenoxy) is 1. The molecular formula is C25H29N3O3. The summed E-state index contributed by atoms with van der Waals surface area (Å²) in [5.41, 5.74) is 4.51. The van der Waals surface area contributed by atoms with Crippen LogP contribution in [0.4, 0.5) is 5.69 Å². The highest BCUT2D eigenvalue weighted by molar-refractivity contribution is 6.09. The van der Waals surface area contributed by atoms with Gasteiger partial charge in [0.2, 0.25) is 0 Å². The number of rotatable bonds is 5. The van der Waals surface area contributed by atoms with Gasteiger partial charge in [0.15, 0.2) is 6.10 Å². The van der Waals surface area contributed by atoms with Crippen LogP contribution in [-0.4, -0.2) is 35.5 Å². The second-order valence-corrected chi connectivity index (χ2v) is 8.15. The number of anilines is 1. The van der Waals surface area contributed by atoms with Gasteiger partial charge >= 0.3 is 0 Å². The van der Waals surface area contributed by atoms with Crippen molar-refractivity contribution < 1.29 is 14.3 Å². The Bertz CT molecular complexity index is 1130. The van der Waals surface area contributed by atoms with Crippen molar-refractivity contribution in [2.45, 2.75) is 52.7 Å². The van der Waals surface area contributed by atoms with Crippen molar-refractivity contribution in [3.8, 4) is 5.75 Å². The molecule has 162 valence electrons. The monoisotopic (exact) mass is 419 g/mol. The number of benzene rings is 2. The number of carbonyl (C=O) groups is 2. The van der Waals surface area contributed by atoms with Crippen molar-refractivity contribution in [1.82, 2.24) is 10.3 Å². The number of nitrogens with zero attached hydrogens (tertiary/aromatic N) is 1. The summed E-state index contributed by atoms with van der Waals surface area (Å²) < 4.78 is 5.98. The zero-order valence-electron chi connectivity index (χ0n) is 18.5. The van der Waals surface area contributed by atoms with Gasteiger partial charge in [0.05, 0.1) is 12.2 Å². The first-order valence-corrected chi connectivity index (χ1v) is 10.9. The summed E-state index contributed by atoms with van der Waals surface area (Å²) in [5, 5.41) is 4.08. The molecule has 3 aromatic rings. The minimum absolute atomic E-state index is 0.0969. The van der Waals surface area contributed by atoms with Crippen LogP contribution >= 0.6 is 0 Å². The van der Waals surface area contributed by atoms with Crippen LogP contribution in [0.2, 0.25) is 0 Å². The molecule has 6 nitrogen and oxygen atoms in total. The Labute approximate surface area is 182 Å². The Morgan fingerprint density at radius 3 is 2.65 bits per heavy atom. The van der Waals surface area contributed by atoms with Gasteiger partial charge in [-0.25, -0.2) is 0 Å². The highest BCUT2D eigenvalue weighted by Crippen LogP contribution is 2.34. The molecule has 0 radical (unpaired) electrons. The number of hydrogen-bond acceptors (Lipinski definition) is 3. The van der Waals surface area contributed by atoms with Crippen LogP contribution in [0.3, 0.4) is 0 Å². The van der Waals surface area contributed by atoms with Gasteiger partial charge in [-0.2, -0.15) is 0 Å². The third kappa shape index (κ3) is 3.90. The van der Waals surface area contributed by atoms with Gasteiger partial charge in [0.25, 0.3) is 11.8 Å². The summed E-state index contributed by atoms with van der Waals surface area (Å²) in [6.07, 6.45) is 0.951. The van der Waals surface area contributed by atoms with Crippen molar-refractivity contribution in [3.05, 3.63) is 59.3 Å². The Morgan fingerprint density at radius 1 is 1.16 bits per heavy atom. The number of H-pyrrole nitrogens is 1. The molecular weight excluding hydrogens is 390 g/mol. The Hall–Kier alpha value is -3.28. The van der Waals surface area contributed by atoms with Gasteiger partial charge < -0.3 is 19.9 Å². The minimum atomic E-state index is -0.751. The van der Waals surface area contributed by atoms with E-state index in [1.54, 1.807) is 11.0 Å². The van der Waals surface area contributed by atoms with Gasteiger partial charge in [0.1, 0.15) is 5.75 Å². The van der Waals surface area contributed by atoms with Crippen molar-refractivity contribution >= 4 is 28.4 Å². The lowest BCUT2D eigenvalue weighted by Gasteiger charge is -2.34. The molecule has 2 N–H and O–H groups in total. The fraction of sp³-hybridized carbons (Fsp3) is 0.360. The number of aromatic amines is 1. The van der Waals surface area contributed by atoms with Crippen LogP contribution in [0.15, 0.2) is 42.5 Å². The molecule has 0 aliphatic carbocycles. The van der Waals surface area contributed by atoms with Gasteiger partial charge in [-0.3, -0.25) is 9.59 Å². The quantitative estimate of drug-likeness (QED) is 0.640. The third-order valence-corrected chi connectivity index (χ3v) is 6.20. The molecule has 2 amide bonds. The number of aromatic nitrogens is 1. The first-order valence-electron chi connectivity index (χ1n) is 10.9. The molecule has 4 rings (SSSR count). The Morgan fingerprint density at radius 2 is 1.90 bits per heavy atom. The van der Waals surface area contributed by atoms with E-state index < -0.39 is 6.10 Å². The molecule has 1 aliphatic heterocycles. The number of hydrogen-bond donors (Lipinski definition) is 2. The number of amides is 2. The smallest absolute Gasteiger partial charge is 0.263 e. The number of carbonyl (C=O) groups excluding carboxylic acids is 2. The number of fused-ring (bicyclic) bond motifs is 2. The molecule has 6 heteroatoms. The van der Waals surface area contributed by atoms with Crippen LogP contribution in [0, 0.1) is 13.8 Å². The fourth-order valence-corrected chi connectivity index (χ4v) is 4.10. The zero-order valence-corrected chi connectivity index (χ0v) is 18.5. The fourth-order valence-electron chi connectivity index (χ4n) is 4.10. The van der Waals surface area contributed by atoms with Gasteiger partial charge in [-0.1, -0.05) is 26.0 Å². The Balaban J connectivity index is 1.66. The highest BCUT2D eigenvalue weighted by atomic mass is 16.5. The lowest BCUT2D eigenvalue weighted by atomic mass is 10.1. The van der Waals surface area contributed by atoms with E-state index in [1.807, 2.05) is 64.1 Å². The molecule has 1 unspecified atom stereocenters. The summed E-state index contributed by atoms with van der Waals surface area (Å²) >= 11 is 0. The molecule has 0 fully saturated rings. The van der Waals surface area contributed by atoms with Crippen molar-refractivity contribution in [2.24, 2.45) is 0 Å². The van der Waals surface area contributed by atoms with Crippen molar-refractivity contribution in [1.29, 1.82) is 0 Å². The molecule has 1 atom stereocenters. The maximum Gasteiger partial charge on any atom is 0.263 e. The maximum absolute atomic E-state index is 13.6. The second-order valence-electron chi connectivity index (χ2n) is 8.15. The summed E-state index contributed by atoms with van der Waals surface area (Å²) in [6, 6.07) is 13.2. The summed E-state index contributed by atoms with van der Waals surface area (Å²) in [4.78, 5) is 31.4. The summed E-state index contributed by atoms with van der Waals surface area (Å²) in [5.74, 6) is 0.214. The van der Waals surface area contributed by atoms with Gasteiger partial charge in [0, 0.05) is 28.2 Å². The SMILES string of the molecule is CCC(CC)NC(=O)C1CN(C(=O)c2ccc3[nH]c(C)c(C)c3c2)c2ccccc2O1. The van der Waals surface area contributed by atoms with Crippen LogP contribution in [-0.2, 0) is 4.79 Å².